The molecular weight excluding hydrogens is 402 g/mol. The van der Waals surface area contributed by atoms with E-state index in [1.165, 1.54) is 11.8 Å². The number of carboxylic acid groups (broad SMARTS) is 1. The molecule has 5 atom stereocenters. The number of anilines is 1. The largest absolute Gasteiger partial charge is 0.481 e. The van der Waals surface area contributed by atoms with Gasteiger partial charge in [-0.3, -0.25) is 9.59 Å². The highest BCUT2D eigenvalue weighted by Gasteiger charge is 2.44. The molecule has 2 fully saturated rings. The molecule has 2 heterocycles. The van der Waals surface area contributed by atoms with Crippen molar-refractivity contribution in [2.45, 2.75) is 30.1 Å². The van der Waals surface area contributed by atoms with Gasteiger partial charge in [0, 0.05) is 24.8 Å². The number of amidine groups is 1. The Kier molecular flexibility index (Phi) is 5.28. The van der Waals surface area contributed by atoms with E-state index in [4.69, 9.17) is 4.74 Å². The lowest BCUT2D eigenvalue weighted by Crippen LogP contribution is -2.38. The maximum Gasteiger partial charge on any atom is 0.312 e. The summed E-state index contributed by atoms with van der Waals surface area (Å²) >= 11 is 1.26. The van der Waals surface area contributed by atoms with Crippen molar-refractivity contribution in [1.29, 1.82) is 0 Å². The van der Waals surface area contributed by atoms with Crippen molar-refractivity contribution in [3.05, 3.63) is 42.0 Å². The number of nitrogens with zero attached hydrogens (tertiary/aromatic N) is 2. The average molecular weight is 428 g/mol. The van der Waals surface area contributed by atoms with Crippen LogP contribution in [-0.2, 0) is 14.3 Å². The Labute approximate surface area is 179 Å². The fourth-order valence-corrected chi connectivity index (χ4v) is 6.17. The first-order valence-corrected chi connectivity index (χ1v) is 11.4. The molecule has 30 heavy (non-hydrogen) atoms. The van der Waals surface area contributed by atoms with E-state index in [2.05, 4.69) is 27.4 Å². The fraction of sp³-hybridized carbons (Fsp3) is 0.500. The second-order valence-electron chi connectivity index (χ2n) is 8.30. The van der Waals surface area contributed by atoms with E-state index in [1.54, 1.807) is 0 Å². The predicted molar refractivity (Wildman–Crippen MR) is 116 cm³/mol. The van der Waals surface area contributed by atoms with Crippen LogP contribution >= 0.6 is 11.8 Å². The van der Waals surface area contributed by atoms with Gasteiger partial charge in [-0.25, -0.2) is 0 Å². The number of ether oxygens (including phenoxy) is 1. The molecule has 2 N–H and O–H groups in total. The molecule has 8 heteroatoms. The van der Waals surface area contributed by atoms with Crippen LogP contribution in [0.2, 0.25) is 0 Å². The van der Waals surface area contributed by atoms with Gasteiger partial charge in [0.25, 0.3) is 5.91 Å². The topological polar surface area (TPSA) is 91.2 Å². The van der Waals surface area contributed by atoms with E-state index in [0.717, 1.165) is 18.5 Å². The van der Waals surface area contributed by atoms with Gasteiger partial charge in [0.2, 0.25) is 0 Å². The van der Waals surface area contributed by atoms with E-state index in [1.807, 2.05) is 24.3 Å². The number of amides is 1. The SMILES string of the molecule is O=C1N=C(NC2CC3C=CC2C3)SC1C(C(=O)O)c1ccccc1N1CCOCC1. The lowest BCUT2D eigenvalue weighted by Gasteiger charge is -2.32. The fourth-order valence-electron chi connectivity index (χ4n) is 5.01. The van der Waals surface area contributed by atoms with Crippen LogP contribution in [0.3, 0.4) is 0 Å². The highest BCUT2D eigenvalue weighted by atomic mass is 32.2. The summed E-state index contributed by atoms with van der Waals surface area (Å²) in [5, 5.41) is 13.3. The normalized spacial score (nSPS) is 31.1. The van der Waals surface area contributed by atoms with Crippen molar-refractivity contribution in [3.63, 3.8) is 0 Å². The third kappa shape index (κ3) is 3.63. The Hall–Kier alpha value is -2.32. The monoisotopic (exact) mass is 427 g/mol. The van der Waals surface area contributed by atoms with E-state index >= 15 is 0 Å². The van der Waals surface area contributed by atoms with Gasteiger partial charge in [0.05, 0.1) is 13.2 Å². The minimum Gasteiger partial charge on any atom is -0.481 e. The molecule has 4 aliphatic rings. The lowest BCUT2D eigenvalue weighted by molar-refractivity contribution is -0.140. The molecular formula is C22H25N3O4S. The summed E-state index contributed by atoms with van der Waals surface area (Å²) in [5.41, 5.74) is 1.53. The van der Waals surface area contributed by atoms with Crippen LogP contribution in [0.25, 0.3) is 0 Å². The van der Waals surface area contributed by atoms with Gasteiger partial charge in [0.1, 0.15) is 11.2 Å². The molecule has 5 rings (SSSR count). The number of hydrogen-bond donors (Lipinski definition) is 2. The van der Waals surface area contributed by atoms with E-state index < -0.39 is 17.1 Å². The maximum atomic E-state index is 12.8. The zero-order valence-electron chi connectivity index (χ0n) is 16.6. The molecule has 2 bridgehead atoms. The van der Waals surface area contributed by atoms with Crippen LogP contribution in [0, 0.1) is 11.8 Å². The molecule has 1 saturated carbocycles. The van der Waals surface area contributed by atoms with Crippen molar-refractivity contribution in [2.24, 2.45) is 16.8 Å². The number of rotatable bonds is 5. The van der Waals surface area contributed by atoms with Crippen LogP contribution < -0.4 is 10.2 Å². The number of allylic oxidation sites excluding steroid dienone is 1. The summed E-state index contributed by atoms with van der Waals surface area (Å²) in [6.07, 6.45) is 6.70. The molecule has 0 aromatic heterocycles. The van der Waals surface area contributed by atoms with Crippen LogP contribution in [0.5, 0.6) is 0 Å². The Bertz CT molecular complexity index is 911. The first kappa shape index (κ1) is 19.6. The van der Waals surface area contributed by atoms with Crippen molar-refractivity contribution < 1.29 is 19.4 Å². The molecule has 158 valence electrons. The van der Waals surface area contributed by atoms with Crippen molar-refractivity contribution >= 4 is 34.5 Å². The van der Waals surface area contributed by atoms with Crippen molar-refractivity contribution in [1.82, 2.24) is 5.32 Å². The number of benzene rings is 1. The quantitative estimate of drug-likeness (QED) is 0.697. The molecule has 0 radical (unpaired) electrons. The zero-order valence-corrected chi connectivity index (χ0v) is 17.4. The molecule has 7 nitrogen and oxygen atoms in total. The number of nitrogens with one attached hydrogen (secondary N) is 1. The molecule has 1 saturated heterocycles. The number of carbonyl (C=O) groups excluding carboxylic acids is 1. The summed E-state index contributed by atoms with van der Waals surface area (Å²) < 4.78 is 5.44. The van der Waals surface area contributed by atoms with E-state index in [0.29, 0.717) is 48.9 Å². The minimum atomic E-state index is -0.999. The summed E-state index contributed by atoms with van der Waals surface area (Å²) in [6.45, 7) is 2.63. The van der Waals surface area contributed by atoms with E-state index in [-0.39, 0.29) is 11.9 Å². The number of carboxylic acids is 1. The number of para-hydroxylation sites is 1. The standard InChI is InChI=1S/C22H25N3O4S/c26-20-19(30-22(24-20)23-16-12-13-5-6-14(16)11-13)18(21(27)28)15-3-1-2-4-17(15)25-7-9-29-10-8-25/h1-6,13-14,16,18-19H,7-12H2,(H,27,28)(H,23,24,26). The van der Waals surface area contributed by atoms with Crippen molar-refractivity contribution in [2.75, 3.05) is 31.2 Å². The molecule has 2 aliphatic carbocycles. The van der Waals surface area contributed by atoms with Gasteiger partial charge in [-0.05, 0) is 36.3 Å². The molecule has 5 unspecified atom stereocenters. The van der Waals surface area contributed by atoms with Crippen LogP contribution in [0.1, 0.15) is 24.3 Å². The van der Waals surface area contributed by atoms with Crippen LogP contribution in [0.4, 0.5) is 5.69 Å². The molecule has 1 aromatic carbocycles. The maximum absolute atomic E-state index is 12.8. The Morgan fingerprint density at radius 1 is 1.23 bits per heavy atom. The van der Waals surface area contributed by atoms with Gasteiger partial charge >= 0.3 is 5.97 Å². The van der Waals surface area contributed by atoms with Gasteiger partial charge in [0.15, 0.2) is 5.17 Å². The van der Waals surface area contributed by atoms with Crippen molar-refractivity contribution in [3.8, 4) is 0 Å². The molecule has 0 spiro atoms. The Morgan fingerprint density at radius 2 is 2.03 bits per heavy atom. The van der Waals surface area contributed by atoms with Crippen LogP contribution in [-0.4, -0.2) is 59.7 Å². The molecule has 1 amide bonds. The highest BCUT2D eigenvalue weighted by Crippen LogP contribution is 2.42. The summed E-state index contributed by atoms with van der Waals surface area (Å²) in [6, 6.07) is 7.78. The summed E-state index contributed by atoms with van der Waals surface area (Å²) in [4.78, 5) is 31.4. The van der Waals surface area contributed by atoms with Gasteiger partial charge in [-0.1, -0.05) is 42.1 Å². The van der Waals surface area contributed by atoms with Crippen LogP contribution in [0.15, 0.2) is 41.4 Å². The molecule has 1 aromatic rings. The summed E-state index contributed by atoms with van der Waals surface area (Å²) in [5.74, 6) is -1.24. The second kappa shape index (κ2) is 8.07. The second-order valence-corrected chi connectivity index (χ2v) is 9.43. The predicted octanol–water partition coefficient (Wildman–Crippen LogP) is 2.24. The first-order valence-electron chi connectivity index (χ1n) is 10.5. The summed E-state index contributed by atoms with van der Waals surface area (Å²) in [7, 11) is 0. The number of fused-ring (bicyclic) bond motifs is 2. The van der Waals surface area contributed by atoms with Gasteiger partial charge in [-0.15, -0.1) is 0 Å². The molecule has 2 aliphatic heterocycles. The number of thioether (sulfide) groups is 1. The lowest BCUT2D eigenvalue weighted by atomic mass is 9.92. The zero-order chi connectivity index (χ0) is 20.7. The first-order chi connectivity index (χ1) is 14.6. The third-order valence-electron chi connectivity index (χ3n) is 6.47. The van der Waals surface area contributed by atoms with E-state index in [9.17, 15) is 14.7 Å². The minimum absolute atomic E-state index is 0.279. The third-order valence-corrected chi connectivity index (χ3v) is 7.63. The number of hydrogen-bond acceptors (Lipinski definition) is 6. The number of carbonyl (C=O) groups is 2. The Morgan fingerprint density at radius 3 is 2.73 bits per heavy atom. The average Bonchev–Trinajstić information content (AvgIpc) is 3.46. The smallest absolute Gasteiger partial charge is 0.312 e. The van der Waals surface area contributed by atoms with Gasteiger partial charge in [-0.2, -0.15) is 4.99 Å². The number of aliphatic imine (C=N–C) groups is 1. The highest BCUT2D eigenvalue weighted by molar-refractivity contribution is 8.15. The van der Waals surface area contributed by atoms with Gasteiger partial charge < -0.3 is 20.1 Å². The number of aliphatic carboxylic acids is 1. The Balaban J connectivity index is 1.36. The number of morpholine rings is 1.